The molecule has 0 fully saturated rings. The molecule has 0 rings (SSSR count). The summed E-state index contributed by atoms with van der Waals surface area (Å²) in [6.45, 7) is 10.2. The van der Waals surface area contributed by atoms with Gasteiger partial charge in [0.05, 0.1) is 6.61 Å². The fraction of sp³-hybridized carbons (Fsp3) is 0.727. The van der Waals surface area contributed by atoms with Crippen molar-refractivity contribution in [3.8, 4) is 0 Å². The van der Waals surface area contributed by atoms with Gasteiger partial charge in [-0.05, 0) is 79.6 Å². The highest BCUT2D eigenvalue weighted by atomic mass is 32.2. The highest BCUT2D eigenvalue weighted by Crippen LogP contribution is 2.55. The maximum atomic E-state index is 12.9. The minimum Gasteiger partial charge on any atom is -0.375 e. The lowest BCUT2D eigenvalue weighted by atomic mass is 10.1. The zero-order chi connectivity index (χ0) is 23.2. The average molecular weight is 465 g/mol. The molecule has 0 aromatic carbocycles. The first-order valence-corrected chi connectivity index (χ1v) is 14.0. The van der Waals surface area contributed by atoms with E-state index < -0.39 is 22.5 Å². The summed E-state index contributed by atoms with van der Waals surface area (Å²) in [6.07, 6.45) is 11.5. The molecule has 2 unspecified atom stereocenters. The number of ether oxygens (including phenoxy) is 1. The van der Waals surface area contributed by atoms with Gasteiger partial charge in [0.25, 0.3) is 10.1 Å². The van der Waals surface area contributed by atoms with Crippen molar-refractivity contribution in [2.45, 2.75) is 84.6 Å². The van der Waals surface area contributed by atoms with E-state index >= 15 is 0 Å². The maximum Gasteiger partial charge on any atom is 0.277 e. The summed E-state index contributed by atoms with van der Waals surface area (Å²) in [5, 5.41) is 0. The van der Waals surface area contributed by atoms with Crippen molar-refractivity contribution in [2.24, 2.45) is 0 Å². The van der Waals surface area contributed by atoms with Crippen LogP contribution in [0.5, 0.6) is 0 Å². The summed E-state index contributed by atoms with van der Waals surface area (Å²) in [5.41, 5.74) is 3.97. The Morgan fingerprint density at radius 1 is 1.00 bits per heavy atom. The minimum absolute atomic E-state index is 0.0621. The maximum absolute atomic E-state index is 12.9. The molecule has 0 bridgehead atoms. The van der Waals surface area contributed by atoms with Gasteiger partial charge in [0.2, 0.25) is 7.37 Å². The summed E-state index contributed by atoms with van der Waals surface area (Å²) in [7, 11) is -6.83. The van der Waals surface area contributed by atoms with Crippen LogP contribution in [0.25, 0.3) is 0 Å². The molecule has 0 amide bonds. The van der Waals surface area contributed by atoms with E-state index in [0.717, 1.165) is 25.7 Å². The number of methoxy groups -OCH3 is 1. The van der Waals surface area contributed by atoms with Crippen LogP contribution in [-0.4, -0.2) is 38.0 Å². The molecule has 0 saturated carbocycles. The fourth-order valence-corrected chi connectivity index (χ4v) is 7.36. The molecule has 176 valence electrons. The monoisotopic (exact) mass is 464 g/mol. The van der Waals surface area contributed by atoms with Crippen molar-refractivity contribution < 1.29 is 26.8 Å². The highest BCUT2D eigenvalue weighted by molar-refractivity contribution is 7.94. The summed E-state index contributed by atoms with van der Waals surface area (Å²) >= 11 is 0. The third kappa shape index (κ3) is 12.9. The number of hydrogen-bond donors (Lipinski definition) is 1. The molecule has 0 heterocycles. The van der Waals surface area contributed by atoms with Crippen LogP contribution in [0.2, 0.25) is 0 Å². The normalized spacial score (nSPS) is 16.2. The Balaban J connectivity index is 4.66. The van der Waals surface area contributed by atoms with Gasteiger partial charge in [-0.2, -0.15) is 8.42 Å². The van der Waals surface area contributed by atoms with Gasteiger partial charge in [0, 0.05) is 7.11 Å². The van der Waals surface area contributed by atoms with Gasteiger partial charge in [0.1, 0.15) is 6.35 Å². The zero-order valence-electron chi connectivity index (χ0n) is 19.5. The van der Waals surface area contributed by atoms with Crippen LogP contribution in [0.1, 0.15) is 79.6 Å². The zero-order valence-corrected chi connectivity index (χ0v) is 21.2. The van der Waals surface area contributed by atoms with Gasteiger partial charge in [0.15, 0.2) is 4.99 Å². The van der Waals surface area contributed by atoms with Crippen LogP contribution >= 0.6 is 7.37 Å². The Kier molecular flexibility index (Phi) is 14.8. The molecule has 0 spiro atoms. The molecule has 0 aliphatic carbocycles. The Hall–Kier alpha value is -0.720. The molecule has 2 atom stereocenters. The summed E-state index contributed by atoms with van der Waals surface area (Å²) in [6, 6.07) is 0. The lowest BCUT2D eigenvalue weighted by molar-refractivity contribution is 0.220. The molecule has 30 heavy (non-hydrogen) atoms. The molecular weight excluding hydrogens is 423 g/mol. The van der Waals surface area contributed by atoms with E-state index in [4.69, 9.17) is 9.26 Å². The van der Waals surface area contributed by atoms with Crippen LogP contribution in [0.3, 0.4) is 0 Å². The minimum atomic E-state index is -4.51. The molecule has 0 aliphatic rings. The topological polar surface area (TPSA) is 89.9 Å². The van der Waals surface area contributed by atoms with E-state index in [0.29, 0.717) is 12.8 Å². The quantitative estimate of drug-likeness (QED) is 0.118. The van der Waals surface area contributed by atoms with Crippen molar-refractivity contribution in [1.82, 2.24) is 0 Å². The van der Waals surface area contributed by atoms with Gasteiger partial charge in [-0.3, -0.25) is 9.12 Å². The van der Waals surface area contributed by atoms with Gasteiger partial charge >= 0.3 is 0 Å². The Labute approximate surface area is 184 Å². The highest BCUT2D eigenvalue weighted by Gasteiger charge is 2.42. The van der Waals surface area contributed by atoms with E-state index in [1.165, 1.54) is 23.8 Å². The van der Waals surface area contributed by atoms with Crippen LogP contribution < -0.4 is 0 Å². The Morgan fingerprint density at radius 2 is 1.53 bits per heavy atom. The molecular formula is C22H41O6PS. The standard InChI is InChI=1S/C22H41O6PS/c1-7-28-29(23,18-27-6)22(30(24,25)26)17-9-8-13-20(4)15-11-16-21(5)14-10-12-19(2)3/h12-13,16,22H,7-11,14-15,17-18H2,1-6H3,(H,24,25,26). The second-order valence-electron chi connectivity index (χ2n) is 7.92. The second kappa shape index (κ2) is 15.1. The third-order valence-electron chi connectivity index (χ3n) is 4.71. The van der Waals surface area contributed by atoms with Crippen molar-refractivity contribution >= 4 is 17.5 Å². The molecule has 6 nitrogen and oxygen atoms in total. The van der Waals surface area contributed by atoms with Gasteiger partial charge in [-0.1, -0.05) is 34.9 Å². The first kappa shape index (κ1) is 29.3. The average Bonchev–Trinajstić information content (AvgIpc) is 2.60. The van der Waals surface area contributed by atoms with Gasteiger partial charge in [-0.25, -0.2) is 0 Å². The molecule has 0 saturated heterocycles. The Morgan fingerprint density at radius 3 is 2.00 bits per heavy atom. The van der Waals surface area contributed by atoms with Crippen LogP contribution in [-0.2, 0) is 23.9 Å². The SMILES string of the molecule is CCOP(=O)(COC)C(CCCC=C(C)CCC=C(C)CCC=C(C)C)S(=O)(=O)O. The van der Waals surface area contributed by atoms with Crippen molar-refractivity contribution in [3.63, 3.8) is 0 Å². The summed E-state index contributed by atoms with van der Waals surface area (Å²) in [5.74, 6) is 0. The molecule has 1 N–H and O–H groups in total. The van der Waals surface area contributed by atoms with Crippen LogP contribution in [0, 0.1) is 0 Å². The first-order chi connectivity index (χ1) is 14.0. The van der Waals surface area contributed by atoms with Crippen molar-refractivity contribution in [2.75, 3.05) is 20.1 Å². The van der Waals surface area contributed by atoms with E-state index in [9.17, 15) is 17.5 Å². The molecule has 0 aliphatic heterocycles. The van der Waals surface area contributed by atoms with E-state index in [1.54, 1.807) is 6.92 Å². The smallest absolute Gasteiger partial charge is 0.277 e. The van der Waals surface area contributed by atoms with Gasteiger partial charge < -0.3 is 9.26 Å². The van der Waals surface area contributed by atoms with E-state index in [1.807, 2.05) is 0 Å². The second-order valence-corrected chi connectivity index (χ2v) is 12.5. The fourth-order valence-electron chi connectivity index (χ4n) is 3.13. The van der Waals surface area contributed by atoms with Crippen LogP contribution in [0.4, 0.5) is 0 Å². The summed E-state index contributed by atoms with van der Waals surface area (Å²) < 4.78 is 56.2. The predicted octanol–water partition coefficient (Wildman–Crippen LogP) is 6.71. The van der Waals surface area contributed by atoms with E-state index in [-0.39, 0.29) is 19.4 Å². The first-order valence-electron chi connectivity index (χ1n) is 10.6. The lowest BCUT2D eigenvalue weighted by Crippen LogP contribution is -2.24. The van der Waals surface area contributed by atoms with Crippen LogP contribution in [0.15, 0.2) is 34.9 Å². The number of unbranched alkanes of at least 4 members (excludes halogenated alkanes) is 1. The molecule has 8 heteroatoms. The molecule has 0 radical (unpaired) electrons. The number of rotatable bonds is 16. The Bertz CT molecular complexity index is 723. The van der Waals surface area contributed by atoms with Crippen molar-refractivity contribution in [3.05, 3.63) is 34.9 Å². The van der Waals surface area contributed by atoms with Crippen molar-refractivity contribution in [1.29, 1.82) is 0 Å². The number of hydrogen-bond acceptors (Lipinski definition) is 5. The predicted molar refractivity (Wildman–Crippen MR) is 126 cm³/mol. The molecule has 0 aromatic heterocycles. The van der Waals surface area contributed by atoms with Gasteiger partial charge in [-0.15, -0.1) is 0 Å². The number of allylic oxidation sites excluding steroid dienone is 6. The third-order valence-corrected chi connectivity index (χ3v) is 9.85. The summed E-state index contributed by atoms with van der Waals surface area (Å²) in [4.78, 5) is -1.45. The van der Waals surface area contributed by atoms with E-state index in [2.05, 4.69) is 45.9 Å². The lowest BCUT2D eigenvalue weighted by Gasteiger charge is -2.24. The molecule has 0 aromatic rings. The largest absolute Gasteiger partial charge is 0.375 e.